The van der Waals surface area contributed by atoms with E-state index in [0.717, 1.165) is 51.1 Å². The van der Waals surface area contributed by atoms with Crippen LogP contribution in [0.15, 0.2) is 43.5 Å². The number of nitrogens with one attached hydrogen (secondary N) is 1. The minimum absolute atomic E-state index is 0.334. The van der Waals surface area contributed by atoms with E-state index in [1.54, 1.807) is 0 Å². The second-order valence-electron chi connectivity index (χ2n) is 6.04. The Bertz CT molecular complexity index is 552. The first kappa shape index (κ1) is 17.4. The van der Waals surface area contributed by atoms with Crippen molar-refractivity contribution in [3.05, 3.63) is 60.2 Å². The summed E-state index contributed by atoms with van der Waals surface area (Å²) in [4.78, 5) is 14.2. The average molecular weight is 313 g/mol. The molecule has 1 amide bonds. The van der Waals surface area contributed by atoms with Crippen LogP contribution in [0.5, 0.6) is 0 Å². The zero-order chi connectivity index (χ0) is 16.7. The van der Waals surface area contributed by atoms with Crippen LogP contribution >= 0.6 is 0 Å². The van der Waals surface area contributed by atoms with Crippen molar-refractivity contribution in [1.29, 1.82) is 0 Å². The Morgan fingerprint density at radius 2 is 1.91 bits per heavy atom. The van der Waals surface area contributed by atoms with Gasteiger partial charge in [-0.1, -0.05) is 24.3 Å². The Morgan fingerprint density at radius 3 is 2.48 bits per heavy atom. The first-order chi connectivity index (χ1) is 11.2. The number of piperidine rings is 1. The highest BCUT2D eigenvalue weighted by molar-refractivity contribution is 5.95. The van der Waals surface area contributed by atoms with Crippen LogP contribution in [-0.2, 0) is 6.54 Å². The zero-order valence-corrected chi connectivity index (χ0v) is 13.8. The van der Waals surface area contributed by atoms with Crippen molar-refractivity contribution in [3.8, 4) is 0 Å². The second-order valence-corrected chi connectivity index (χ2v) is 6.04. The van der Waals surface area contributed by atoms with Gasteiger partial charge in [-0.05, 0) is 49.0 Å². The summed E-state index contributed by atoms with van der Waals surface area (Å²) in [6, 6.07) is 5.90. The third kappa shape index (κ3) is 4.53. The van der Waals surface area contributed by atoms with E-state index in [9.17, 15) is 4.79 Å². The summed E-state index contributed by atoms with van der Waals surface area (Å²) in [5.41, 5.74) is 8.64. The molecular formula is C19H27N3O. The fourth-order valence-corrected chi connectivity index (χ4v) is 3.37. The van der Waals surface area contributed by atoms with Crippen LogP contribution in [-0.4, -0.2) is 37.0 Å². The molecule has 1 aromatic carbocycles. The smallest absolute Gasteiger partial charge is 0.248 e. The molecule has 0 radical (unpaired) electrons. The molecule has 1 aromatic rings. The Balaban J connectivity index is 2.36. The Hall–Kier alpha value is -1.91. The first-order valence-corrected chi connectivity index (χ1v) is 8.23. The van der Waals surface area contributed by atoms with Gasteiger partial charge in [-0.15, -0.1) is 13.2 Å². The van der Waals surface area contributed by atoms with Crippen molar-refractivity contribution < 1.29 is 4.79 Å². The van der Waals surface area contributed by atoms with E-state index in [-0.39, 0.29) is 5.91 Å². The summed E-state index contributed by atoms with van der Waals surface area (Å²) >= 11 is 0. The lowest BCUT2D eigenvalue weighted by Crippen LogP contribution is -2.30. The molecule has 0 saturated carbocycles. The van der Waals surface area contributed by atoms with Crippen LogP contribution < -0.4 is 11.1 Å². The van der Waals surface area contributed by atoms with Gasteiger partial charge in [-0.3, -0.25) is 9.69 Å². The highest BCUT2D eigenvalue weighted by Crippen LogP contribution is 2.31. The van der Waals surface area contributed by atoms with Crippen molar-refractivity contribution in [2.24, 2.45) is 5.73 Å². The van der Waals surface area contributed by atoms with E-state index in [2.05, 4.69) is 29.4 Å². The Labute approximate surface area is 139 Å². The van der Waals surface area contributed by atoms with Gasteiger partial charge in [0.15, 0.2) is 0 Å². The number of primary amides is 1. The Morgan fingerprint density at radius 1 is 1.26 bits per heavy atom. The van der Waals surface area contributed by atoms with Crippen LogP contribution in [0.25, 0.3) is 0 Å². The topological polar surface area (TPSA) is 58.4 Å². The Kier molecular flexibility index (Phi) is 6.56. The number of hydrogen-bond donors (Lipinski definition) is 2. The van der Waals surface area contributed by atoms with E-state index >= 15 is 0 Å². The lowest BCUT2D eigenvalue weighted by molar-refractivity contribution is 0.0998. The quantitative estimate of drug-likeness (QED) is 0.725. The molecule has 2 rings (SSSR count). The van der Waals surface area contributed by atoms with Gasteiger partial charge in [0, 0.05) is 25.2 Å². The molecule has 1 heterocycles. The monoisotopic (exact) mass is 313 g/mol. The number of benzene rings is 1. The van der Waals surface area contributed by atoms with Gasteiger partial charge in [-0.2, -0.15) is 0 Å². The summed E-state index contributed by atoms with van der Waals surface area (Å²) in [7, 11) is 0. The second kappa shape index (κ2) is 8.65. The van der Waals surface area contributed by atoms with Crippen molar-refractivity contribution in [2.45, 2.75) is 25.3 Å². The molecule has 0 aromatic heterocycles. The van der Waals surface area contributed by atoms with Crippen LogP contribution in [0.3, 0.4) is 0 Å². The maximum atomic E-state index is 11.9. The van der Waals surface area contributed by atoms with Gasteiger partial charge in [0.1, 0.15) is 0 Å². The van der Waals surface area contributed by atoms with Crippen LogP contribution in [0, 0.1) is 0 Å². The highest BCUT2D eigenvalue weighted by Gasteiger charge is 2.23. The van der Waals surface area contributed by atoms with Crippen molar-refractivity contribution in [3.63, 3.8) is 0 Å². The first-order valence-electron chi connectivity index (χ1n) is 8.23. The third-order valence-electron chi connectivity index (χ3n) is 4.38. The van der Waals surface area contributed by atoms with Crippen LogP contribution in [0.2, 0.25) is 0 Å². The van der Waals surface area contributed by atoms with Crippen molar-refractivity contribution in [1.82, 2.24) is 10.2 Å². The van der Waals surface area contributed by atoms with Gasteiger partial charge in [0.05, 0.1) is 0 Å². The summed E-state index contributed by atoms with van der Waals surface area (Å²) in [6.45, 7) is 12.0. The standard InChI is InChI=1S/C19H27N3O/c1-3-12-22(13-4-2)14-16-6-5-7-17(19(20)23)18(16)15-8-10-21-11-9-15/h3-7,15,21H,1-2,8-14H2,(H2,20,23). The molecule has 0 atom stereocenters. The lowest BCUT2D eigenvalue weighted by Gasteiger charge is -2.29. The van der Waals surface area contributed by atoms with E-state index in [1.807, 2.05) is 24.3 Å². The number of nitrogens with two attached hydrogens (primary N) is 1. The summed E-state index contributed by atoms with van der Waals surface area (Å²) in [6.07, 6.45) is 5.87. The highest BCUT2D eigenvalue weighted by atomic mass is 16.1. The predicted octanol–water partition coefficient (Wildman–Crippen LogP) is 2.43. The molecule has 1 aliphatic rings. The molecule has 4 nitrogen and oxygen atoms in total. The minimum atomic E-state index is -0.334. The average Bonchev–Trinajstić information content (AvgIpc) is 2.56. The molecule has 0 spiro atoms. The normalized spacial score (nSPS) is 15.5. The van der Waals surface area contributed by atoms with E-state index in [4.69, 9.17) is 5.73 Å². The molecule has 0 aliphatic carbocycles. The number of nitrogens with zero attached hydrogens (tertiary/aromatic N) is 1. The number of amides is 1. The summed E-state index contributed by atoms with van der Waals surface area (Å²) < 4.78 is 0. The summed E-state index contributed by atoms with van der Waals surface area (Å²) in [5.74, 6) is 0.0589. The molecule has 1 saturated heterocycles. The minimum Gasteiger partial charge on any atom is -0.366 e. The van der Waals surface area contributed by atoms with Crippen LogP contribution in [0.1, 0.15) is 40.2 Å². The molecule has 3 N–H and O–H groups in total. The fraction of sp³-hybridized carbons (Fsp3) is 0.421. The third-order valence-corrected chi connectivity index (χ3v) is 4.38. The van der Waals surface area contributed by atoms with Gasteiger partial charge in [-0.25, -0.2) is 0 Å². The van der Waals surface area contributed by atoms with E-state index in [0.29, 0.717) is 11.5 Å². The number of carbonyl (C=O) groups excluding carboxylic acids is 1. The fourth-order valence-electron chi connectivity index (χ4n) is 3.37. The molecule has 23 heavy (non-hydrogen) atoms. The molecule has 124 valence electrons. The lowest BCUT2D eigenvalue weighted by atomic mass is 9.83. The summed E-state index contributed by atoms with van der Waals surface area (Å²) in [5, 5.41) is 3.38. The van der Waals surface area contributed by atoms with Gasteiger partial charge in [0.25, 0.3) is 0 Å². The van der Waals surface area contributed by atoms with Crippen molar-refractivity contribution >= 4 is 5.91 Å². The maximum Gasteiger partial charge on any atom is 0.248 e. The number of carbonyl (C=O) groups is 1. The van der Waals surface area contributed by atoms with Gasteiger partial charge in [0.2, 0.25) is 5.91 Å². The molecule has 0 unspecified atom stereocenters. The molecule has 1 fully saturated rings. The van der Waals surface area contributed by atoms with E-state index in [1.165, 1.54) is 5.56 Å². The molecule has 0 bridgehead atoms. The SMILES string of the molecule is C=CCN(CC=C)Cc1cccc(C(N)=O)c1C1CCNCC1. The van der Waals surface area contributed by atoms with Crippen LogP contribution in [0.4, 0.5) is 0 Å². The van der Waals surface area contributed by atoms with Gasteiger partial charge >= 0.3 is 0 Å². The molecule has 1 aliphatic heterocycles. The van der Waals surface area contributed by atoms with Gasteiger partial charge < -0.3 is 11.1 Å². The van der Waals surface area contributed by atoms with Crippen molar-refractivity contribution in [2.75, 3.05) is 26.2 Å². The number of rotatable bonds is 8. The predicted molar refractivity (Wildman–Crippen MR) is 95.5 cm³/mol. The maximum absolute atomic E-state index is 11.9. The largest absolute Gasteiger partial charge is 0.366 e. The molecule has 4 heteroatoms. The zero-order valence-electron chi connectivity index (χ0n) is 13.8. The molecular weight excluding hydrogens is 286 g/mol. The van der Waals surface area contributed by atoms with E-state index < -0.39 is 0 Å². The number of hydrogen-bond acceptors (Lipinski definition) is 3.